The Labute approximate surface area is 178 Å². The summed E-state index contributed by atoms with van der Waals surface area (Å²) in [6, 6.07) is 8.44. The van der Waals surface area contributed by atoms with Gasteiger partial charge in [-0.15, -0.1) is 0 Å². The van der Waals surface area contributed by atoms with Crippen LogP contribution in [-0.4, -0.2) is 49.9 Å². The molecule has 0 bridgehead atoms. The molecule has 9 heteroatoms. The summed E-state index contributed by atoms with van der Waals surface area (Å²) >= 11 is 0. The molecule has 0 atom stereocenters. The molecule has 2 aliphatic heterocycles. The summed E-state index contributed by atoms with van der Waals surface area (Å²) in [5.41, 5.74) is 2.40. The van der Waals surface area contributed by atoms with Gasteiger partial charge in [-0.2, -0.15) is 0 Å². The van der Waals surface area contributed by atoms with Crippen LogP contribution < -0.4 is 10.1 Å². The minimum Gasteiger partial charge on any atom is -0.482 e. The van der Waals surface area contributed by atoms with Crippen molar-refractivity contribution in [3.63, 3.8) is 0 Å². The Kier molecular flexibility index (Phi) is 4.60. The molecule has 0 unspecified atom stereocenters. The number of benzene rings is 2. The minimum atomic E-state index is -4.01. The number of ether oxygens (including phenoxy) is 1. The maximum Gasteiger partial charge on any atom is 0.268 e. The molecule has 0 saturated carbocycles. The average Bonchev–Trinajstić information content (AvgIpc) is 3.13. The quantitative estimate of drug-likeness (QED) is 0.676. The molecule has 0 spiro atoms. The van der Waals surface area contributed by atoms with Crippen LogP contribution in [0.5, 0.6) is 5.75 Å². The number of fused-ring (bicyclic) bond motifs is 2. The van der Waals surface area contributed by atoms with Crippen molar-refractivity contribution in [1.29, 1.82) is 0 Å². The van der Waals surface area contributed by atoms with E-state index in [1.165, 1.54) is 40.4 Å². The summed E-state index contributed by atoms with van der Waals surface area (Å²) in [6.07, 6.45) is 4.35. The second kappa shape index (κ2) is 7.21. The van der Waals surface area contributed by atoms with E-state index in [2.05, 4.69) is 10.2 Å². The highest BCUT2D eigenvalue weighted by Gasteiger charge is 2.26. The van der Waals surface area contributed by atoms with Crippen LogP contribution in [-0.2, 0) is 14.8 Å². The third kappa shape index (κ3) is 3.39. The van der Waals surface area contributed by atoms with Gasteiger partial charge in [0.2, 0.25) is 0 Å². The maximum absolute atomic E-state index is 14.1. The van der Waals surface area contributed by atoms with Crippen molar-refractivity contribution >= 4 is 38.1 Å². The van der Waals surface area contributed by atoms with E-state index in [4.69, 9.17) is 4.74 Å². The molecular weight excluding hydrogens is 421 g/mol. The fourth-order valence-electron chi connectivity index (χ4n) is 3.98. The van der Waals surface area contributed by atoms with Crippen LogP contribution in [0, 0.1) is 5.82 Å². The Morgan fingerprint density at radius 3 is 2.77 bits per heavy atom. The third-order valence-corrected chi connectivity index (χ3v) is 7.30. The highest BCUT2D eigenvalue weighted by molar-refractivity contribution is 7.90. The van der Waals surface area contributed by atoms with Crippen molar-refractivity contribution in [2.24, 2.45) is 0 Å². The number of carbonyl (C=O) groups is 1. The van der Waals surface area contributed by atoms with Crippen molar-refractivity contribution in [3.8, 4) is 5.75 Å². The van der Waals surface area contributed by atoms with Gasteiger partial charge < -0.3 is 15.0 Å². The van der Waals surface area contributed by atoms with E-state index in [0.29, 0.717) is 27.9 Å². The summed E-state index contributed by atoms with van der Waals surface area (Å²) in [6.45, 7) is 1.47. The van der Waals surface area contributed by atoms with E-state index >= 15 is 0 Å². The van der Waals surface area contributed by atoms with Gasteiger partial charge in [0, 0.05) is 30.2 Å². The van der Waals surface area contributed by atoms with Crippen LogP contribution >= 0.6 is 0 Å². The van der Waals surface area contributed by atoms with Crippen LogP contribution in [0.1, 0.15) is 12.0 Å². The number of hydrogen-bond acceptors (Lipinski definition) is 5. The maximum atomic E-state index is 14.1. The lowest BCUT2D eigenvalue weighted by Gasteiger charge is -2.21. The molecule has 0 saturated heterocycles. The Morgan fingerprint density at radius 1 is 1.16 bits per heavy atom. The standard InChI is InChI=1S/C22H20FN3O4S/c1-25-8-6-14(7-9-25)18-12-26(20-4-2-15(23)10-17(18)20)31(28,29)16-3-5-21-19(11-16)24-22(27)13-30-21/h2-6,10-12H,7-9,13H2,1H3,(H,24,27). The summed E-state index contributed by atoms with van der Waals surface area (Å²) in [4.78, 5) is 13.8. The van der Waals surface area contributed by atoms with Gasteiger partial charge in [-0.1, -0.05) is 6.08 Å². The van der Waals surface area contributed by atoms with Gasteiger partial charge in [0.15, 0.2) is 6.61 Å². The Balaban J connectivity index is 1.66. The largest absolute Gasteiger partial charge is 0.482 e. The first-order valence-electron chi connectivity index (χ1n) is 9.84. The first-order valence-corrected chi connectivity index (χ1v) is 11.3. The summed E-state index contributed by atoms with van der Waals surface area (Å²) in [5.74, 6) is -0.360. The van der Waals surface area contributed by atoms with Crippen LogP contribution in [0.15, 0.2) is 53.6 Å². The molecule has 5 rings (SSSR count). The predicted octanol–water partition coefficient (Wildman–Crippen LogP) is 3.07. The lowest BCUT2D eigenvalue weighted by atomic mass is 9.99. The number of nitrogens with one attached hydrogen (secondary N) is 1. The van der Waals surface area contributed by atoms with E-state index < -0.39 is 15.8 Å². The van der Waals surface area contributed by atoms with Crippen molar-refractivity contribution in [2.75, 3.05) is 32.1 Å². The second-order valence-corrected chi connectivity index (χ2v) is 9.56. The van der Waals surface area contributed by atoms with Crippen LogP contribution in [0.25, 0.3) is 16.5 Å². The molecule has 0 radical (unpaired) electrons. The molecule has 3 aromatic rings. The minimum absolute atomic E-state index is 0.00202. The zero-order chi connectivity index (χ0) is 21.8. The molecule has 2 aromatic carbocycles. The average molecular weight is 441 g/mol. The van der Waals surface area contributed by atoms with Gasteiger partial charge >= 0.3 is 0 Å². The molecule has 3 heterocycles. The van der Waals surface area contributed by atoms with E-state index in [1.54, 1.807) is 6.20 Å². The van der Waals surface area contributed by atoms with Crippen LogP contribution in [0.4, 0.5) is 10.1 Å². The van der Waals surface area contributed by atoms with Crippen LogP contribution in [0.3, 0.4) is 0 Å². The number of amides is 1. The van der Waals surface area contributed by atoms with E-state index in [0.717, 1.165) is 25.1 Å². The Morgan fingerprint density at radius 2 is 2.00 bits per heavy atom. The fraction of sp³-hybridized carbons (Fsp3) is 0.227. The topological polar surface area (TPSA) is 80.6 Å². The van der Waals surface area contributed by atoms with E-state index in [-0.39, 0.29) is 17.4 Å². The molecule has 31 heavy (non-hydrogen) atoms. The highest BCUT2D eigenvalue weighted by atomic mass is 32.2. The van der Waals surface area contributed by atoms with Gasteiger partial charge in [-0.25, -0.2) is 16.8 Å². The number of aromatic nitrogens is 1. The smallest absolute Gasteiger partial charge is 0.268 e. The number of carbonyl (C=O) groups excluding carboxylic acids is 1. The zero-order valence-electron chi connectivity index (χ0n) is 16.8. The molecule has 1 N–H and O–H groups in total. The first kappa shape index (κ1) is 19.8. The van der Waals surface area contributed by atoms with Crippen LogP contribution in [0.2, 0.25) is 0 Å². The van der Waals surface area contributed by atoms with Gasteiger partial charge in [0.25, 0.3) is 15.9 Å². The molecule has 7 nitrogen and oxygen atoms in total. The van der Waals surface area contributed by atoms with Gasteiger partial charge in [-0.3, -0.25) is 4.79 Å². The van der Waals surface area contributed by atoms with Crippen molar-refractivity contribution in [2.45, 2.75) is 11.3 Å². The third-order valence-electron chi connectivity index (χ3n) is 5.63. The number of nitrogens with zero attached hydrogens (tertiary/aromatic N) is 2. The lowest BCUT2D eigenvalue weighted by Crippen LogP contribution is -2.25. The molecule has 2 aliphatic rings. The number of hydrogen-bond donors (Lipinski definition) is 1. The molecule has 1 amide bonds. The Hall–Kier alpha value is -3.17. The monoisotopic (exact) mass is 441 g/mol. The fourth-order valence-corrected chi connectivity index (χ4v) is 5.38. The molecule has 0 fully saturated rings. The van der Waals surface area contributed by atoms with Crippen molar-refractivity contribution in [1.82, 2.24) is 8.87 Å². The molecule has 160 valence electrons. The van der Waals surface area contributed by atoms with Crippen molar-refractivity contribution in [3.05, 3.63) is 60.1 Å². The van der Waals surface area contributed by atoms with Gasteiger partial charge in [0.1, 0.15) is 11.6 Å². The second-order valence-electron chi connectivity index (χ2n) is 7.74. The number of likely N-dealkylation sites (N-methyl/N-ethyl adjacent to an activating group) is 1. The van der Waals surface area contributed by atoms with Gasteiger partial charge in [0.05, 0.1) is 16.1 Å². The zero-order valence-corrected chi connectivity index (χ0v) is 17.6. The highest BCUT2D eigenvalue weighted by Crippen LogP contribution is 2.35. The molecule has 0 aliphatic carbocycles. The molecule has 1 aromatic heterocycles. The normalized spacial score (nSPS) is 17.1. The summed E-state index contributed by atoms with van der Waals surface area (Å²) in [5, 5.41) is 3.18. The predicted molar refractivity (Wildman–Crippen MR) is 115 cm³/mol. The summed E-state index contributed by atoms with van der Waals surface area (Å²) < 4.78 is 47.6. The van der Waals surface area contributed by atoms with E-state index in [1.807, 2.05) is 13.1 Å². The molecular formula is C22H20FN3O4S. The summed E-state index contributed by atoms with van der Waals surface area (Å²) in [7, 11) is -2.00. The number of rotatable bonds is 3. The lowest BCUT2D eigenvalue weighted by molar-refractivity contribution is -0.118. The number of anilines is 1. The SMILES string of the molecule is CN1CC=C(c2cn(S(=O)(=O)c3ccc4c(c3)NC(=O)CO4)c3ccc(F)cc23)CC1. The van der Waals surface area contributed by atoms with E-state index in [9.17, 15) is 17.6 Å². The first-order chi connectivity index (χ1) is 14.8. The van der Waals surface area contributed by atoms with Gasteiger partial charge in [-0.05, 0) is 55.4 Å². The van der Waals surface area contributed by atoms with Crippen molar-refractivity contribution < 1.29 is 22.3 Å². The Bertz CT molecular complexity index is 1360. The number of halogens is 1.